The Balaban J connectivity index is -0.00000000500. The van der Waals surface area contributed by atoms with E-state index < -0.39 is 0 Å². The third kappa shape index (κ3) is 11.2. The molecule has 0 spiro atoms. The van der Waals surface area contributed by atoms with Gasteiger partial charge in [0.25, 0.3) is 0 Å². The van der Waals surface area contributed by atoms with E-state index in [1.165, 1.54) is 0 Å². The maximum atomic E-state index is 2.42. The molecule has 26 valence electrons. The Morgan fingerprint density at radius 1 is 1.00 bits per heavy atom. The molecule has 3 heteroatoms. The Bertz CT molecular complexity index is 6.00. The van der Waals surface area contributed by atoms with E-state index in [-0.39, 0.29) is 24.8 Å². The molecule has 0 atom stereocenters. The standard InChI is InChI=1S/CH3.Al.2ClH/h1H3;;2*1H. The zero-order valence-electron chi connectivity index (χ0n) is 2.39. The van der Waals surface area contributed by atoms with Gasteiger partial charge in [-0.1, -0.05) is 0 Å². The largest absolute Gasteiger partial charge is 0.147 e. The molecule has 0 nitrogen and oxygen atoms in total. The van der Waals surface area contributed by atoms with Crippen LogP contribution in [0.1, 0.15) is 0 Å². The molecule has 0 aliphatic heterocycles. The lowest BCUT2D eigenvalue weighted by atomic mass is 11.9. The molecule has 0 bridgehead atoms. The van der Waals surface area contributed by atoms with Gasteiger partial charge in [-0.3, -0.25) is 0 Å². The lowest BCUT2D eigenvalue weighted by Crippen LogP contribution is -1.13. The molecular weight excluding hydrogens is 110 g/mol. The number of hydrogen-bond donors (Lipinski definition) is 0. The summed E-state index contributed by atoms with van der Waals surface area (Å²) in [6.07, 6.45) is 0. The van der Waals surface area contributed by atoms with E-state index in [4.69, 9.17) is 0 Å². The van der Waals surface area contributed by atoms with Crippen LogP contribution in [-0.2, 0) is 0 Å². The smallest absolute Gasteiger partial charge is 0.112 e. The zero-order chi connectivity index (χ0) is 2.00. The Morgan fingerprint density at radius 2 is 1.00 bits per heavy atom. The molecule has 2 radical (unpaired) electrons. The quantitative estimate of drug-likeness (QED) is 0.414. The van der Waals surface area contributed by atoms with Crippen molar-refractivity contribution in [1.82, 2.24) is 0 Å². The molecule has 0 unspecified atom stereocenters. The summed E-state index contributed by atoms with van der Waals surface area (Å²) in [5, 5.41) is 0. The molecule has 0 saturated carbocycles. The molecular formula is CH5AlCl2. The van der Waals surface area contributed by atoms with Crippen molar-refractivity contribution in [2.75, 3.05) is 0 Å². The molecule has 0 N–H and O–H groups in total. The minimum atomic E-state index is 0. The molecule has 0 aliphatic rings. The first-order chi connectivity index (χ1) is 1.00. The van der Waals surface area contributed by atoms with Crippen molar-refractivity contribution in [3.05, 3.63) is 0 Å². The number of hydrogen-bond acceptors (Lipinski definition) is 0. The lowest BCUT2D eigenvalue weighted by Gasteiger charge is -1.02. The highest BCUT2D eigenvalue weighted by atomic mass is 35.5. The molecule has 0 aromatic carbocycles. The molecule has 0 saturated heterocycles. The second-order valence-corrected chi connectivity index (χ2v) is 0. The summed E-state index contributed by atoms with van der Waals surface area (Å²) in [5.41, 5.74) is 0. The Morgan fingerprint density at radius 3 is 1.00 bits per heavy atom. The van der Waals surface area contributed by atoms with Crippen molar-refractivity contribution in [2.45, 2.75) is 5.79 Å². The fraction of sp³-hybridized carbons (Fsp3) is 1.00. The number of rotatable bonds is 0. The average molecular weight is 115 g/mol. The third-order valence-corrected chi connectivity index (χ3v) is 0. The van der Waals surface area contributed by atoms with Gasteiger partial charge in [-0.25, -0.2) is 0 Å². The van der Waals surface area contributed by atoms with Gasteiger partial charge < -0.3 is 0 Å². The van der Waals surface area contributed by atoms with Crippen LogP contribution in [-0.4, -0.2) is 16.3 Å². The highest BCUT2D eigenvalue weighted by Gasteiger charge is 0.999. The average Bonchev–Trinajstić information content (AvgIpc) is 1.00. The minimum Gasteiger partial charge on any atom is -0.147 e. The molecule has 0 fully saturated rings. The van der Waals surface area contributed by atoms with Gasteiger partial charge in [0.15, 0.2) is 0 Å². The predicted octanol–water partition coefficient (Wildman–Crippen LogP) is 1.05. The van der Waals surface area contributed by atoms with Crippen LogP contribution in [0.2, 0.25) is 5.79 Å². The summed E-state index contributed by atoms with van der Waals surface area (Å²) < 4.78 is 0. The van der Waals surface area contributed by atoms with Gasteiger partial charge in [0, 0.05) is 0 Å². The van der Waals surface area contributed by atoms with Gasteiger partial charge in [-0.2, -0.15) is 0 Å². The SMILES string of the molecule is Cl.Cl.[CH3][Al]. The fourth-order valence-electron chi connectivity index (χ4n) is 0. The highest BCUT2D eigenvalue weighted by Crippen LogP contribution is 0.960. The Kier molecular flexibility index (Phi) is 156. The maximum absolute atomic E-state index is 2.42. The minimum absolute atomic E-state index is 0. The van der Waals surface area contributed by atoms with Crippen LogP contribution in [0.15, 0.2) is 0 Å². The maximum Gasteiger partial charge on any atom is 0.112 e. The summed E-state index contributed by atoms with van der Waals surface area (Å²) in [4.78, 5) is 0. The Hall–Kier alpha value is 1.11. The summed E-state index contributed by atoms with van der Waals surface area (Å²) >= 11 is 2.42. The van der Waals surface area contributed by atoms with Crippen LogP contribution in [0.3, 0.4) is 0 Å². The number of halogens is 2. The van der Waals surface area contributed by atoms with Crippen LogP contribution in [0.25, 0.3) is 0 Å². The van der Waals surface area contributed by atoms with Crippen molar-refractivity contribution in [1.29, 1.82) is 0 Å². The van der Waals surface area contributed by atoms with Crippen LogP contribution in [0, 0.1) is 0 Å². The van der Waals surface area contributed by atoms with E-state index in [2.05, 4.69) is 16.3 Å². The van der Waals surface area contributed by atoms with Gasteiger partial charge in [-0.15, -0.1) is 30.6 Å². The second-order valence-electron chi connectivity index (χ2n) is 0. The first-order valence-corrected chi connectivity index (χ1v) is 1.73. The summed E-state index contributed by atoms with van der Waals surface area (Å²) in [7, 11) is 0. The predicted molar refractivity (Wildman–Crippen MR) is 26.1 cm³/mol. The highest BCUT2D eigenvalue weighted by molar-refractivity contribution is 6.05. The molecule has 0 aromatic rings. The van der Waals surface area contributed by atoms with Gasteiger partial charge in [0.05, 0.1) is 0 Å². The monoisotopic (exact) mass is 114 g/mol. The van der Waals surface area contributed by atoms with Crippen LogP contribution in [0.4, 0.5) is 0 Å². The summed E-state index contributed by atoms with van der Waals surface area (Å²) in [6.45, 7) is 0. The van der Waals surface area contributed by atoms with Crippen LogP contribution >= 0.6 is 24.8 Å². The van der Waals surface area contributed by atoms with Crippen molar-refractivity contribution in [3.63, 3.8) is 0 Å². The van der Waals surface area contributed by atoms with Crippen molar-refractivity contribution in [2.24, 2.45) is 0 Å². The van der Waals surface area contributed by atoms with E-state index in [9.17, 15) is 0 Å². The van der Waals surface area contributed by atoms with E-state index in [0.29, 0.717) is 0 Å². The molecule has 4 heavy (non-hydrogen) atoms. The first kappa shape index (κ1) is 19.4. The molecule has 0 rings (SSSR count). The zero-order valence-corrected chi connectivity index (χ0v) is 5.18. The van der Waals surface area contributed by atoms with Crippen molar-refractivity contribution < 1.29 is 0 Å². The molecule has 0 aliphatic carbocycles. The van der Waals surface area contributed by atoms with Gasteiger partial charge in [0.2, 0.25) is 0 Å². The Labute approximate surface area is 47.2 Å². The van der Waals surface area contributed by atoms with Crippen LogP contribution in [0.5, 0.6) is 0 Å². The van der Waals surface area contributed by atoms with E-state index in [1.54, 1.807) is 0 Å². The molecule has 0 amide bonds. The lowest BCUT2D eigenvalue weighted by molar-refractivity contribution is 2.40. The summed E-state index contributed by atoms with van der Waals surface area (Å²) in [5.74, 6) is 1.92. The van der Waals surface area contributed by atoms with Gasteiger partial charge >= 0.3 is 0 Å². The van der Waals surface area contributed by atoms with E-state index in [1.807, 2.05) is 5.79 Å². The van der Waals surface area contributed by atoms with Crippen LogP contribution < -0.4 is 0 Å². The van der Waals surface area contributed by atoms with Crippen molar-refractivity contribution >= 4 is 41.1 Å². The fourth-order valence-corrected chi connectivity index (χ4v) is 0. The molecule has 0 aromatic heterocycles. The third-order valence-electron chi connectivity index (χ3n) is 0. The molecule has 0 heterocycles. The van der Waals surface area contributed by atoms with Gasteiger partial charge in [-0.05, 0) is 0 Å². The normalized spacial score (nSPS) is 1.25. The van der Waals surface area contributed by atoms with Gasteiger partial charge in [0.1, 0.15) is 16.3 Å². The van der Waals surface area contributed by atoms with E-state index in [0.717, 1.165) is 0 Å². The second kappa shape index (κ2) is 32.2. The van der Waals surface area contributed by atoms with E-state index >= 15 is 0 Å². The summed E-state index contributed by atoms with van der Waals surface area (Å²) in [6, 6.07) is 0. The first-order valence-electron chi connectivity index (χ1n) is 0.577. The van der Waals surface area contributed by atoms with Crippen molar-refractivity contribution in [3.8, 4) is 0 Å². The topological polar surface area (TPSA) is 0 Å².